The van der Waals surface area contributed by atoms with Crippen molar-refractivity contribution in [3.05, 3.63) is 11.9 Å². The Hall–Kier alpha value is -1.45. The van der Waals surface area contributed by atoms with Crippen LogP contribution in [0.4, 0.5) is 0 Å². The molecule has 3 rings (SSSR count). The molecule has 0 radical (unpaired) electrons. The molecule has 0 unspecified atom stereocenters. The van der Waals surface area contributed by atoms with Crippen molar-refractivity contribution in [1.82, 2.24) is 19.0 Å². The summed E-state index contributed by atoms with van der Waals surface area (Å²) in [6.07, 6.45) is 1.13. The molecule has 1 amide bonds. The second-order valence-corrected chi connectivity index (χ2v) is 7.56. The van der Waals surface area contributed by atoms with Gasteiger partial charge in [-0.1, -0.05) is 0 Å². The first-order valence-electron chi connectivity index (χ1n) is 7.26. The number of carbonyl (C=O) groups excluding carboxylic acids is 1. The van der Waals surface area contributed by atoms with Crippen molar-refractivity contribution in [2.24, 2.45) is 0 Å². The van der Waals surface area contributed by atoms with Crippen molar-refractivity contribution in [3.63, 3.8) is 0 Å². The summed E-state index contributed by atoms with van der Waals surface area (Å²) < 4.78 is 34.2. The van der Waals surface area contributed by atoms with E-state index >= 15 is 0 Å². The molecule has 1 aromatic heterocycles. The molecule has 9 heteroatoms. The maximum atomic E-state index is 12.8. The molecule has 2 saturated heterocycles. The summed E-state index contributed by atoms with van der Waals surface area (Å²) in [5, 5.41) is 4.10. The van der Waals surface area contributed by atoms with Gasteiger partial charge in [0.1, 0.15) is 11.5 Å². The number of carbonyl (C=O) groups is 1. The van der Waals surface area contributed by atoms with Gasteiger partial charge in [0.05, 0.1) is 24.0 Å². The predicted molar refractivity (Wildman–Crippen MR) is 77.7 cm³/mol. The molecule has 0 aromatic carbocycles. The number of aromatic nitrogens is 2. The maximum Gasteiger partial charge on any atom is 0.248 e. The molecule has 2 aliphatic heterocycles. The summed E-state index contributed by atoms with van der Waals surface area (Å²) in [7, 11) is -1.93. The van der Waals surface area contributed by atoms with E-state index in [4.69, 9.17) is 4.74 Å². The zero-order chi connectivity index (χ0) is 16.1. The minimum Gasteiger partial charge on any atom is -0.365 e. The summed E-state index contributed by atoms with van der Waals surface area (Å²) in [5.41, 5.74) is 0.628. The number of amides is 1. The molecule has 0 N–H and O–H groups in total. The van der Waals surface area contributed by atoms with Gasteiger partial charge in [-0.3, -0.25) is 9.48 Å². The number of nitrogens with zero attached hydrogens (tertiary/aromatic N) is 4. The molecule has 22 heavy (non-hydrogen) atoms. The average molecular weight is 328 g/mol. The van der Waals surface area contributed by atoms with E-state index in [1.54, 1.807) is 23.6 Å². The molecule has 0 aliphatic carbocycles. The number of ether oxygens (including phenoxy) is 1. The van der Waals surface area contributed by atoms with Gasteiger partial charge in [-0.05, 0) is 13.8 Å². The molecule has 3 heterocycles. The van der Waals surface area contributed by atoms with Gasteiger partial charge in [-0.25, -0.2) is 8.42 Å². The van der Waals surface area contributed by atoms with Gasteiger partial charge in [-0.15, -0.1) is 0 Å². The summed E-state index contributed by atoms with van der Waals surface area (Å²) in [6, 6.07) is -0.224. The predicted octanol–water partition coefficient (Wildman–Crippen LogP) is -0.558. The van der Waals surface area contributed by atoms with Crippen LogP contribution in [0.3, 0.4) is 0 Å². The molecule has 8 nitrogen and oxygen atoms in total. The highest BCUT2D eigenvalue weighted by molar-refractivity contribution is 7.89. The number of hydrogen-bond donors (Lipinski definition) is 0. The van der Waals surface area contributed by atoms with Crippen LogP contribution in [0.1, 0.15) is 12.6 Å². The first kappa shape index (κ1) is 15.4. The first-order valence-corrected chi connectivity index (χ1v) is 8.70. The summed E-state index contributed by atoms with van der Waals surface area (Å²) in [6.45, 7) is 4.81. The van der Waals surface area contributed by atoms with Crippen molar-refractivity contribution in [2.75, 3.05) is 26.7 Å². The lowest BCUT2D eigenvalue weighted by Crippen LogP contribution is -2.51. The van der Waals surface area contributed by atoms with E-state index in [2.05, 4.69) is 5.10 Å². The zero-order valence-corrected chi connectivity index (χ0v) is 13.7. The van der Waals surface area contributed by atoms with Crippen molar-refractivity contribution >= 4 is 15.9 Å². The molecule has 2 fully saturated rings. The maximum absolute atomic E-state index is 12.8. The lowest BCUT2D eigenvalue weighted by Gasteiger charge is -2.33. The number of fused-ring (bicyclic) bond motifs is 1. The SMILES string of the molecule is CCn1ncc(S(=O)(=O)N2C[C@@H]3OCC(=O)N(C)[C@H]3C2)c1C. The zero-order valence-electron chi connectivity index (χ0n) is 12.9. The Morgan fingerprint density at radius 2 is 2.14 bits per heavy atom. The smallest absolute Gasteiger partial charge is 0.248 e. The average Bonchev–Trinajstić information content (AvgIpc) is 3.07. The van der Waals surface area contributed by atoms with Crippen LogP contribution in [0.25, 0.3) is 0 Å². The molecule has 122 valence electrons. The normalized spacial score (nSPS) is 26.5. The van der Waals surface area contributed by atoms with Gasteiger partial charge in [0.2, 0.25) is 15.9 Å². The summed E-state index contributed by atoms with van der Waals surface area (Å²) in [4.78, 5) is 13.5. The fourth-order valence-corrected chi connectivity index (χ4v) is 4.69. The Kier molecular flexibility index (Phi) is 3.74. The number of likely N-dealkylation sites (N-methyl/N-ethyl adjacent to an activating group) is 1. The highest BCUT2D eigenvalue weighted by Crippen LogP contribution is 2.28. The van der Waals surface area contributed by atoms with E-state index in [-0.39, 0.29) is 42.6 Å². The Balaban J connectivity index is 1.88. The van der Waals surface area contributed by atoms with Crippen molar-refractivity contribution < 1.29 is 17.9 Å². The molecule has 2 atom stereocenters. The molecule has 1 aromatic rings. The fourth-order valence-electron chi connectivity index (χ4n) is 3.06. The molecular formula is C13H20N4O4S. The third-order valence-electron chi connectivity index (χ3n) is 4.49. The standard InChI is InChI=1S/C13H20N4O4S/c1-4-17-9(2)12(5-14-17)22(19,20)16-6-10-11(7-16)21-8-13(18)15(10)3/h5,10-11H,4,6-8H2,1-3H3/t10-,11-/m0/s1. The molecule has 0 spiro atoms. The quantitative estimate of drug-likeness (QED) is 0.743. The van der Waals surface area contributed by atoms with Gasteiger partial charge in [0.15, 0.2) is 0 Å². The van der Waals surface area contributed by atoms with E-state index in [1.807, 2.05) is 6.92 Å². The first-order chi connectivity index (χ1) is 10.4. The van der Waals surface area contributed by atoms with E-state index < -0.39 is 10.0 Å². The van der Waals surface area contributed by atoms with Crippen LogP contribution in [-0.2, 0) is 26.1 Å². The van der Waals surface area contributed by atoms with Crippen LogP contribution in [-0.4, -0.2) is 72.2 Å². The van der Waals surface area contributed by atoms with E-state index in [0.29, 0.717) is 12.2 Å². The van der Waals surface area contributed by atoms with Crippen LogP contribution in [0.5, 0.6) is 0 Å². The minimum absolute atomic E-state index is 0.0123. The molecule has 2 aliphatic rings. The fraction of sp³-hybridized carbons (Fsp3) is 0.692. The van der Waals surface area contributed by atoms with Crippen LogP contribution in [0, 0.1) is 6.92 Å². The highest BCUT2D eigenvalue weighted by Gasteiger charge is 2.46. The number of aryl methyl sites for hydroxylation is 1. The molecular weight excluding hydrogens is 308 g/mol. The topological polar surface area (TPSA) is 84.7 Å². The van der Waals surface area contributed by atoms with Crippen LogP contribution in [0.2, 0.25) is 0 Å². The third-order valence-corrected chi connectivity index (χ3v) is 6.43. The van der Waals surface area contributed by atoms with Crippen LogP contribution in [0.15, 0.2) is 11.1 Å². The Bertz CT molecular complexity index is 699. The highest BCUT2D eigenvalue weighted by atomic mass is 32.2. The second kappa shape index (κ2) is 5.32. The van der Waals surface area contributed by atoms with Gasteiger partial charge >= 0.3 is 0 Å². The van der Waals surface area contributed by atoms with Gasteiger partial charge in [-0.2, -0.15) is 9.40 Å². The Morgan fingerprint density at radius 3 is 2.77 bits per heavy atom. The van der Waals surface area contributed by atoms with Crippen molar-refractivity contribution in [2.45, 2.75) is 37.4 Å². The number of rotatable bonds is 3. The summed E-state index contributed by atoms with van der Waals surface area (Å²) >= 11 is 0. The number of morpholine rings is 1. The van der Waals surface area contributed by atoms with Crippen LogP contribution >= 0.6 is 0 Å². The van der Waals surface area contributed by atoms with Crippen molar-refractivity contribution in [3.8, 4) is 0 Å². The lowest BCUT2D eigenvalue weighted by atomic mass is 10.1. The molecule has 0 bridgehead atoms. The van der Waals surface area contributed by atoms with Gasteiger partial charge < -0.3 is 9.64 Å². The second-order valence-electron chi connectivity index (χ2n) is 5.65. The lowest BCUT2D eigenvalue weighted by molar-refractivity contribution is -0.150. The van der Waals surface area contributed by atoms with Gasteiger partial charge in [0, 0.05) is 26.7 Å². The summed E-state index contributed by atoms with van der Waals surface area (Å²) in [5.74, 6) is -0.115. The monoisotopic (exact) mass is 328 g/mol. The van der Waals surface area contributed by atoms with Gasteiger partial charge in [0.25, 0.3) is 0 Å². The largest absolute Gasteiger partial charge is 0.365 e. The number of sulfonamides is 1. The van der Waals surface area contributed by atoms with Crippen LogP contribution < -0.4 is 0 Å². The van der Waals surface area contributed by atoms with E-state index in [1.165, 1.54) is 10.5 Å². The van der Waals surface area contributed by atoms with Crippen molar-refractivity contribution in [1.29, 1.82) is 0 Å². The minimum atomic E-state index is -3.63. The Labute approximate surface area is 129 Å². The third kappa shape index (κ3) is 2.24. The van der Waals surface area contributed by atoms with E-state index in [9.17, 15) is 13.2 Å². The van der Waals surface area contributed by atoms with E-state index in [0.717, 1.165) is 0 Å². The Morgan fingerprint density at radius 1 is 1.41 bits per heavy atom. The number of hydrogen-bond acceptors (Lipinski definition) is 5. The molecule has 0 saturated carbocycles.